The Bertz CT molecular complexity index is 961. The Morgan fingerprint density at radius 3 is 2.48 bits per heavy atom. The first-order valence-electron chi connectivity index (χ1n) is 10.2. The SMILES string of the molecule is COc1ccc(NC(=O)C(=O)NC[C@@H](c2ccc3c(c2)CCN3C)N(C)C)cc1OC. The van der Waals surface area contributed by atoms with E-state index in [0.717, 1.165) is 18.5 Å². The van der Waals surface area contributed by atoms with Gasteiger partial charge in [0, 0.05) is 37.6 Å². The second-order valence-electron chi connectivity index (χ2n) is 7.77. The highest BCUT2D eigenvalue weighted by atomic mass is 16.5. The number of carbonyl (C=O) groups is 2. The highest BCUT2D eigenvalue weighted by Gasteiger charge is 2.22. The van der Waals surface area contributed by atoms with Crippen molar-refractivity contribution < 1.29 is 19.1 Å². The maximum atomic E-state index is 12.4. The maximum absolute atomic E-state index is 12.4. The minimum atomic E-state index is -0.736. The van der Waals surface area contributed by atoms with E-state index in [0.29, 0.717) is 23.7 Å². The van der Waals surface area contributed by atoms with E-state index in [-0.39, 0.29) is 6.04 Å². The van der Waals surface area contributed by atoms with Crippen LogP contribution in [-0.2, 0) is 16.0 Å². The Balaban J connectivity index is 1.63. The summed E-state index contributed by atoms with van der Waals surface area (Å²) in [7, 11) is 9.05. The summed E-state index contributed by atoms with van der Waals surface area (Å²) in [6, 6.07) is 11.3. The molecule has 0 radical (unpaired) electrons. The van der Waals surface area contributed by atoms with Gasteiger partial charge in [0.05, 0.1) is 20.3 Å². The van der Waals surface area contributed by atoms with E-state index in [1.54, 1.807) is 18.2 Å². The molecule has 2 aromatic carbocycles. The van der Waals surface area contributed by atoms with Crippen LogP contribution in [-0.4, -0.2) is 65.2 Å². The number of fused-ring (bicyclic) bond motifs is 1. The highest BCUT2D eigenvalue weighted by molar-refractivity contribution is 6.39. The number of nitrogens with one attached hydrogen (secondary N) is 2. The van der Waals surface area contributed by atoms with Gasteiger partial charge in [-0.05, 0) is 49.8 Å². The van der Waals surface area contributed by atoms with E-state index < -0.39 is 11.8 Å². The van der Waals surface area contributed by atoms with Gasteiger partial charge in [-0.1, -0.05) is 12.1 Å². The van der Waals surface area contributed by atoms with E-state index in [9.17, 15) is 9.59 Å². The van der Waals surface area contributed by atoms with Crippen LogP contribution in [0.25, 0.3) is 0 Å². The molecule has 0 aliphatic carbocycles. The van der Waals surface area contributed by atoms with Crippen molar-refractivity contribution in [2.75, 3.05) is 58.7 Å². The molecule has 0 aromatic heterocycles. The van der Waals surface area contributed by atoms with Crippen LogP contribution in [0.4, 0.5) is 11.4 Å². The van der Waals surface area contributed by atoms with Crippen molar-refractivity contribution in [2.45, 2.75) is 12.5 Å². The predicted octanol–water partition coefficient (Wildman–Crippen LogP) is 2.05. The summed E-state index contributed by atoms with van der Waals surface area (Å²) in [5.74, 6) is -0.419. The van der Waals surface area contributed by atoms with Crippen LogP contribution in [0.5, 0.6) is 11.5 Å². The van der Waals surface area contributed by atoms with Crippen molar-refractivity contribution in [3.05, 3.63) is 47.5 Å². The molecule has 3 rings (SSSR count). The van der Waals surface area contributed by atoms with Gasteiger partial charge in [-0.2, -0.15) is 0 Å². The fourth-order valence-electron chi connectivity index (χ4n) is 3.76. The zero-order valence-corrected chi connectivity index (χ0v) is 18.7. The third-order valence-corrected chi connectivity index (χ3v) is 5.54. The zero-order chi connectivity index (χ0) is 22.5. The molecule has 2 amide bonds. The largest absolute Gasteiger partial charge is 0.493 e. The van der Waals surface area contributed by atoms with E-state index in [4.69, 9.17) is 9.47 Å². The monoisotopic (exact) mass is 426 g/mol. The lowest BCUT2D eigenvalue weighted by atomic mass is 10.0. The molecule has 1 aliphatic heterocycles. The number of nitrogens with zero attached hydrogens (tertiary/aromatic N) is 2. The van der Waals surface area contributed by atoms with Gasteiger partial charge in [0.1, 0.15) is 0 Å². The summed E-state index contributed by atoms with van der Waals surface area (Å²) >= 11 is 0. The van der Waals surface area contributed by atoms with Crippen LogP contribution in [0, 0.1) is 0 Å². The van der Waals surface area contributed by atoms with Crippen LogP contribution < -0.4 is 25.0 Å². The van der Waals surface area contributed by atoms with Gasteiger partial charge in [0.15, 0.2) is 11.5 Å². The van der Waals surface area contributed by atoms with Gasteiger partial charge < -0.3 is 29.9 Å². The maximum Gasteiger partial charge on any atom is 0.313 e. The lowest BCUT2D eigenvalue weighted by Gasteiger charge is -2.26. The summed E-state index contributed by atoms with van der Waals surface area (Å²) in [6.07, 6.45) is 1.01. The summed E-state index contributed by atoms with van der Waals surface area (Å²) in [5.41, 5.74) is 4.12. The molecule has 0 saturated heterocycles. The van der Waals surface area contributed by atoms with Crippen molar-refractivity contribution >= 4 is 23.2 Å². The van der Waals surface area contributed by atoms with Crippen molar-refractivity contribution in [3.63, 3.8) is 0 Å². The summed E-state index contributed by atoms with van der Waals surface area (Å²) in [6.45, 7) is 1.33. The Labute approximate surface area is 183 Å². The van der Waals surface area contributed by atoms with Gasteiger partial charge >= 0.3 is 11.8 Å². The number of anilines is 2. The number of amides is 2. The Morgan fingerprint density at radius 1 is 1.06 bits per heavy atom. The quantitative estimate of drug-likeness (QED) is 0.660. The number of methoxy groups -OCH3 is 2. The van der Waals surface area contributed by atoms with E-state index in [2.05, 4.69) is 40.8 Å². The molecule has 0 saturated carbocycles. The number of hydrogen-bond acceptors (Lipinski definition) is 6. The molecule has 0 bridgehead atoms. The number of carbonyl (C=O) groups excluding carboxylic acids is 2. The molecule has 31 heavy (non-hydrogen) atoms. The number of likely N-dealkylation sites (N-methyl/N-ethyl adjacent to an activating group) is 2. The molecule has 8 nitrogen and oxygen atoms in total. The first kappa shape index (κ1) is 22.4. The van der Waals surface area contributed by atoms with Crippen LogP contribution in [0.2, 0.25) is 0 Å². The molecule has 1 heterocycles. The Morgan fingerprint density at radius 2 is 1.81 bits per heavy atom. The minimum Gasteiger partial charge on any atom is -0.493 e. The fraction of sp³-hybridized carbons (Fsp3) is 0.391. The standard InChI is InChI=1S/C23H30N4O4/c1-26(2)19(15-6-8-18-16(12-15)10-11-27(18)3)14-24-22(28)23(29)25-17-7-9-20(30-4)21(13-17)31-5/h6-9,12-13,19H,10-11,14H2,1-5H3,(H,24,28)(H,25,29)/t19-/m0/s1. The van der Waals surface area contributed by atoms with Crippen LogP contribution in [0.15, 0.2) is 36.4 Å². The van der Waals surface area contributed by atoms with Crippen molar-refractivity contribution in [3.8, 4) is 11.5 Å². The third-order valence-electron chi connectivity index (χ3n) is 5.54. The number of hydrogen-bond donors (Lipinski definition) is 2. The Hall–Kier alpha value is -3.26. The fourth-order valence-corrected chi connectivity index (χ4v) is 3.76. The van der Waals surface area contributed by atoms with Crippen LogP contribution in [0.1, 0.15) is 17.2 Å². The number of rotatable bonds is 7. The molecule has 2 aromatic rings. The van der Waals surface area contributed by atoms with E-state index >= 15 is 0 Å². The third kappa shape index (κ3) is 5.08. The first-order chi connectivity index (χ1) is 14.8. The lowest BCUT2D eigenvalue weighted by molar-refractivity contribution is -0.136. The molecule has 0 fully saturated rings. The number of ether oxygens (including phenoxy) is 2. The van der Waals surface area contributed by atoms with Crippen LogP contribution >= 0.6 is 0 Å². The summed E-state index contributed by atoms with van der Waals surface area (Å²) in [4.78, 5) is 29.0. The van der Waals surface area contributed by atoms with Gasteiger partial charge in [0.2, 0.25) is 0 Å². The topological polar surface area (TPSA) is 83.1 Å². The van der Waals surface area contributed by atoms with Crippen molar-refractivity contribution in [1.29, 1.82) is 0 Å². The van der Waals surface area contributed by atoms with Gasteiger partial charge in [-0.15, -0.1) is 0 Å². The first-order valence-corrected chi connectivity index (χ1v) is 10.2. The molecule has 8 heteroatoms. The highest BCUT2D eigenvalue weighted by Crippen LogP contribution is 2.31. The van der Waals surface area contributed by atoms with E-state index in [1.165, 1.54) is 25.5 Å². The molecular weight excluding hydrogens is 396 g/mol. The van der Waals surface area contributed by atoms with Crippen LogP contribution in [0.3, 0.4) is 0 Å². The molecule has 0 spiro atoms. The lowest BCUT2D eigenvalue weighted by Crippen LogP contribution is -2.40. The summed E-state index contributed by atoms with van der Waals surface area (Å²) in [5, 5.41) is 5.34. The molecule has 0 unspecified atom stereocenters. The minimum absolute atomic E-state index is 0.0472. The Kier molecular flexibility index (Phi) is 7.02. The van der Waals surface area contributed by atoms with Crippen molar-refractivity contribution in [2.24, 2.45) is 0 Å². The smallest absolute Gasteiger partial charge is 0.313 e. The van der Waals surface area contributed by atoms with Crippen molar-refractivity contribution in [1.82, 2.24) is 10.2 Å². The van der Waals surface area contributed by atoms with E-state index in [1.807, 2.05) is 19.0 Å². The molecule has 2 N–H and O–H groups in total. The molecule has 1 aliphatic rings. The average Bonchev–Trinajstić information content (AvgIpc) is 3.13. The number of benzene rings is 2. The average molecular weight is 427 g/mol. The van der Waals surface area contributed by atoms with Gasteiger partial charge in [-0.25, -0.2) is 0 Å². The van der Waals surface area contributed by atoms with Gasteiger partial charge in [0.25, 0.3) is 0 Å². The summed E-state index contributed by atoms with van der Waals surface area (Å²) < 4.78 is 10.4. The molecular formula is C23H30N4O4. The predicted molar refractivity (Wildman–Crippen MR) is 121 cm³/mol. The molecule has 1 atom stereocenters. The second kappa shape index (κ2) is 9.70. The van der Waals surface area contributed by atoms with Gasteiger partial charge in [-0.3, -0.25) is 9.59 Å². The molecule has 166 valence electrons. The zero-order valence-electron chi connectivity index (χ0n) is 18.7. The second-order valence-corrected chi connectivity index (χ2v) is 7.77. The normalized spacial score (nSPS) is 13.5.